The first-order valence-corrected chi connectivity index (χ1v) is 9.73. The van der Waals surface area contributed by atoms with Gasteiger partial charge in [0.05, 0.1) is 18.6 Å². The Kier molecular flexibility index (Phi) is 8.32. The summed E-state index contributed by atoms with van der Waals surface area (Å²) in [6.07, 6.45) is 3.08. The van der Waals surface area contributed by atoms with Gasteiger partial charge in [0.25, 0.3) is 5.89 Å². The molecule has 30 heavy (non-hydrogen) atoms. The SMILES string of the molecule is C=C(N)/N=C\C(=C/N)c1ccc(C(C)(c2noc(COCCOC)n2)C(C)C)cc1. The maximum Gasteiger partial charge on any atom is 0.252 e. The molecule has 1 heterocycles. The van der Waals surface area contributed by atoms with Crippen LogP contribution in [0, 0.1) is 5.92 Å². The lowest BCUT2D eigenvalue weighted by Gasteiger charge is -2.31. The fourth-order valence-electron chi connectivity index (χ4n) is 2.92. The van der Waals surface area contributed by atoms with Crippen LogP contribution >= 0.6 is 0 Å². The van der Waals surface area contributed by atoms with Crippen LogP contribution in [-0.2, 0) is 21.5 Å². The van der Waals surface area contributed by atoms with Crippen molar-refractivity contribution in [2.24, 2.45) is 22.4 Å². The number of methoxy groups -OCH3 is 1. The molecular formula is C22H31N5O3. The molecule has 0 saturated heterocycles. The third-order valence-electron chi connectivity index (χ3n) is 5.11. The number of ether oxygens (including phenoxy) is 2. The van der Waals surface area contributed by atoms with Crippen LogP contribution < -0.4 is 11.5 Å². The second kappa shape index (κ2) is 10.7. The van der Waals surface area contributed by atoms with E-state index < -0.39 is 5.41 Å². The van der Waals surface area contributed by atoms with Crippen molar-refractivity contribution < 1.29 is 14.0 Å². The van der Waals surface area contributed by atoms with Gasteiger partial charge in [-0.15, -0.1) is 0 Å². The molecule has 8 heteroatoms. The first kappa shape index (κ1) is 23.3. The molecule has 1 aromatic heterocycles. The maximum atomic E-state index is 5.74. The van der Waals surface area contributed by atoms with Gasteiger partial charge < -0.3 is 25.5 Å². The summed E-state index contributed by atoms with van der Waals surface area (Å²) in [5.74, 6) is 1.50. The molecule has 0 spiro atoms. The van der Waals surface area contributed by atoms with E-state index in [1.165, 1.54) is 6.20 Å². The molecule has 0 saturated carbocycles. The molecule has 0 aliphatic rings. The van der Waals surface area contributed by atoms with Gasteiger partial charge in [-0.05, 0) is 24.0 Å². The number of allylic oxidation sites excluding steroid dienone is 1. The van der Waals surface area contributed by atoms with Gasteiger partial charge in [0, 0.05) is 25.1 Å². The van der Waals surface area contributed by atoms with Crippen LogP contribution in [0.5, 0.6) is 0 Å². The molecule has 0 aliphatic carbocycles. The summed E-state index contributed by atoms with van der Waals surface area (Å²) in [6.45, 7) is 11.2. The van der Waals surface area contributed by atoms with Crippen molar-refractivity contribution in [2.75, 3.05) is 20.3 Å². The minimum Gasteiger partial charge on any atom is -0.404 e. The van der Waals surface area contributed by atoms with Crippen LogP contribution in [0.3, 0.4) is 0 Å². The van der Waals surface area contributed by atoms with Gasteiger partial charge in [-0.2, -0.15) is 4.98 Å². The van der Waals surface area contributed by atoms with Crippen LogP contribution in [0.25, 0.3) is 5.57 Å². The maximum absolute atomic E-state index is 5.74. The fourth-order valence-corrected chi connectivity index (χ4v) is 2.92. The lowest BCUT2D eigenvalue weighted by molar-refractivity contribution is 0.0494. The molecule has 162 valence electrons. The Morgan fingerprint density at radius 1 is 1.30 bits per heavy atom. The van der Waals surface area contributed by atoms with Gasteiger partial charge in [-0.25, -0.2) is 4.99 Å². The number of aromatic nitrogens is 2. The highest BCUT2D eigenvalue weighted by molar-refractivity contribution is 6.09. The van der Waals surface area contributed by atoms with Crippen molar-refractivity contribution >= 4 is 11.8 Å². The van der Waals surface area contributed by atoms with Crippen molar-refractivity contribution in [1.29, 1.82) is 0 Å². The predicted octanol–water partition coefficient (Wildman–Crippen LogP) is 2.99. The summed E-state index contributed by atoms with van der Waals surface area (Å²) < 4.78 is 15.9. The quantitative estimate of drug-likeness (QED) is 0.429. The van der Waals surface area contributed by atoms with Gasteiger partial charge >= 0.3 is 0 Å². The van der Waals surface area contributed by atoms with E-state index in [2.05, 4.69) is 42.5 Å². The molecule has 1 atom stereocenters. The van der Waals surface area contributed by atoms with Crippen molar-refractivity contribution in [2.45, 2.75) is 32.8 Å². The predicted molar refractivity (Wildman–Crippen MR) is 118 cm³/mol. The normalized spacial score (nSPS) is 14.4. The van der Waals surface area contributed by atoms with Crippen LogP contribution in [0.2, 0.25) is 0 Å². The summed E-state index contributed by atoms with van der Waals surface area (Å²) >= 11 is 0. The molecular weight excluding hydrogens is 382 g/mol. The molecule has 1 aromatic carbocycles. The zero-order valence-corrected chi connectivity index (χ0v) is 18.1. The van der Waals surface area contributed by atoms with Crippen molar-refractivity contribution in [3.8, 4) is 0 Å². The van der Waals surface area contributed by atoms with E-state index in [1.54, 1.807) is 13.3 Å². The zero-order chi connectivity index (χ0) is 22.1. The zero-order valence-electron chi connectivity index (χ0n) is 18.1. The Bertz CT molecular complexity index is 886. The Labute approximate surface area is 177 Å². The molecule has 2 rings (SSSR count). The lowest BCUT2D eigenvalue weighted by Crippen LogP contribution is -2.31. The highest BCUT2D eigenvalue weighted by Gasteiger charge is 2.37. The molecule has 4 N–H and O–H groups in total. The number of benzene rings is 1. The van der Waals surface area contributed by atoms with Gasteiger partial charge in [0.2, 0.25) is 0 Å². The van der Waals surface area contributed by atoms with Crippen LogP contribution in [0.4, 0.5) is 0 Å². The van der Waals surface area contributed by atoms with E-state index in [0.717, 1.165) is 16.7 Å². The smallest absolute Gasteiger partial charge is 0.252 e. The Hall–Kier alpha value is -2.97. The van der Waals surface area contributed by atoms with Gasteiger partial charge in [0.1, 0.15) is 12.4 Å². The summed E-state index contributed by atoms with van der Waals surface area (Å²) in [5, 5.41) is 4.23. The Balaban J connectivity index is 2.27. The summed E-state index contributed by atoms with van der Waals surface area (Å²) in [5.41, 5.74) is 13.5. The number of rotatable bonds is 11. The van der Waals surface area contributed by atoms with Crippen LogP contribution in [0.15, 0.2) is 52.4 Å². The number of aliphatic imine (C=N–C) groups is 1. The van der Waals surface area contributed by atoms with E-state index in [1.807, 2.05) is 24.3 Å². The highest BCUT2D eigenvalue weighted by Crippen LogP contribution is 2.37. The van der Waals surface area contributed by atoms with Gasteiger partial charge in [0.15, 0.2) is 5.82 Å². The average Bonchev–Trinajstić information content (AvgIpc) is 3.20. The molecule has 0 fully saturated rings. The fraction of sp³-hybridized carbons (Fsp3) is 0.409. The van der Waals surface area contributed by atoms with Crippen LogP contribution in [0.1, 0.15) is 43.6 Å². The third-order valence-corrected chi connectivity index (χ3v) is 5.11. The number of hydrogen-bond acceptors (Lipinski definition) is 8. The second-order valence-electron chi connectivity index (χ2n) is 7.36. The largest absolute Gasteiger partial charge is 0.404 e. The second-order valence-corrected chi connectivity index (χ2v) is 7.36. The van der Waals surface area contributed by atoms with Gasteiger partial charge in [-0.3, -0.25) is 0 Å². The van der Waals surface area contributed by atoms with E-state index in [9.17, 15) is 0 Å². The monoisotopic (exact) mass is 413 g/mol. The molecule has 8 nitrogen and oxygen atoms in total. The minimum atomic E-state index is -0.445. The van der Waals surface area contributed by atoms with E-state index in [4.69, 9.17) is 25.5 Å². The summed E-state index contributed by atoms with van der Waals surface area (Å²) in [6, 6.07) is 8.04. The Morgan fingerprint density at radius 2 is 2.00 bits per heavy atom. The number of hydrogen-bond donors (Lipinski definition) is 2. The molecule has 0 aliphatic heterocycles. The van der Waals surface area contributed by atoms with E-state index in [-0.39, 0.29) is 18.3 Å². The minimum absolute atomic E-state index is 0.217. The van der Waals surface area contributed by atoms with Gasteiger partial charge in [-0.1, -0.05) is 49.8 Å². The number of nitrogens with zero attached hydrogens (tertiary/aromatic N) is 3. The van der Waals surface area contributed by atoms with E-state index in [0.29, 0.717) is 24.9 Å². The molecule has 1 unspecified atom stereocenters. The topological polar surface area (TPSA) is 122 Å². The molecule has 0 amide bonds. The molecule has 0 bridgehead atoms. The average molecular weight is 414 g/mol. The molecule has 0 radical (unpaired) electrons. The van der Waals surface area contributed by atoms with Crippen molar-refractivity contribution in [3.63, 3.8) is 0 Å². The molecule has 2 aromatic rings. The number of nitrogens with two attached hydrogens (primary N) is 2. The van der Waals surface area contributed by atoms with E-state index >= 15 is 0 Å². The standard InChI is InChI=1S/C22H31N5O3/c1-15(2)22(4,21-26-20(30-27-21)14-29-11-10-28-5)19-8-6-17(7-9-19)18(12-23)13-25-16(3)24/h6-9,12-13,15H,3,10-11,14,23-24H2,1-2,4-5H3/b18-12+,25-13-. The van der Waals surface area contributed by atoms with Crippen LogP contribution in [-0.4, -0.2) is 36.7 Å². The first-order chi connectivity index (χ1) is 14.3. The first-order valence-electron chi connectivity index (χ1n) is 9.73. The lowest BCUT2D eigenvalue weighted by atomic mass is 9.72. The van der Waals surface area contributed by atoms with Crippen molar-refractivity contribution in [1.82, 2.24) is 10.1 Å². The third kappa shape index (κ3) is 5.55. The summed E-state index contributed by atoms with van der Waals surface area (Å²) in [4.78, 5) is 8.60. The highest BCUT2D eigenvalue weighted by atomic mass is 16.5. The van der Waals surface area contributed by atoms with Crippen molar-refractivity contribution in [3.05, 3.63) is 65.7 Å². The summed E-state index contributed by atoms with van der Waals surface area (Å²) in [7, 11) is 1.63. The Morgan fingerprint density at radius 3 is 2.57 bits per heavy atom.